The predicted molar refractivity (Wildman–Crippen MR) is 65.8 cm³/mol. The maximum Gasteiger partial charge on any atom is 0.0216 e. The van der Waals surface area contributed by atoms with Gasteiger partial charge in [-0.05, 0) is 58.8 Å². The van der Waals surface area contributed by atoms with Crippen LogP contribution in [0.2, 0.25) is 0 Å². The number of rotatable bonds is 5. The topological polar surface area (TPSA) is 15.3 Å². The van der Waals surface area contributed by atoms with Crippen LogP contribution in [-0.4, -0.2) is 38.1 Å². The molecule has 0 saturated carbocycles. The average Bonchev–Trinajstić information content (AvgIpc) is 2.28. The highest BCUT2D eigenvalue weighted by Crippen LogP contribution is 2.19. The van der Waals surface area contributed by atoms with E-state index < -0.39 is 0 Å². The molecule has 0 aromatic heterocycles. The molecule has 0 atom stereocenters. The molecule has 0 spiro atoms. The van der Waals surface area contributed by atoms with Gasteiger partial charge in [-0.1, -0.05) is 0 Å². The van der Waals surface area contributed by atoms with Gasteiger partial charge in [-0.3, -0.25) is 0 Å². The van der Waals surface area contributed by atoms with Crippen molar-refractivity contribution >= 4 is 0 Å². The van der Waals surface area contributed by atoms with Crippen molar-refractivity contribution in [3.05, 3.63) is 0 Å². The van der Waals surface area contributed by atoms with Gasteiger partial charge in [0.15, 0.2) is 0 Å². The molecule has 0 unspecified atom stereocenters. The first-order valence-corrected chi connectivity index (χ1v) is 6.13. The van der Waals surface area contributed by atoms with E-state index in [2.05, 4.69) is 22.1 Å². The van der Waals surface area contributed by atoms with Gasteiger partial charge >= 0.3 is 0 Å². The van der Waals surface area contributed by atoms with E-state index in [-0.39, 0.29) is 0 Å². The van der Waals surface area contributed by atoms with Crippen LogP contribution in [-0.2, 0) is 0 Å². The summed E-state index contributed by atoms with van der Waals surface area (Å²) in [6, 6.07) is 0. The average molecular weight is 208 g/mol. The zero-order valence-corrected chi connectivity index (χ0v) is 10.2. The number of hydrogen-bond acceptors (Lipinski definition) is 2. The number of nitrogens with one attached hydrogen (secondary N) is 1. The van der Waals surface area contributed by atoms with E-state index in [4.69, 9.17) is 0 Å². The van der Waals surface area contributed by atoms with Gasteiger partial charge in [0.1, 0.15) is 0 Å². The molecule has 15 heavy (non-hydrogen) atoms. The van der Waals surface area contributed by atoms with E-state index in [1.165, 1.54) is 45.4 Å². The van der Waals surface area contributed by atoms with Crippen LogP contribution < -0.4 is 5.32 Å². The number of hydrogen-bond donors (Lipinski definition) is 1. The van der Waals surface area contributed by atoms with E-state index >= 15 is 0 Å². The molecule has 1 rings (SSSR count). The van der Waals surface area contributed by atoms with Crippen molar-refractivity contribution in [3.8, 4) is 11.8 Å². The molecule has 0 amide bonds. The highest BCUT2D eigenvalue weighted by atomic mass is 15.1. The van der Waals surface area contributed by atoms with E-state index in [1.807, 2.05) is 14.0 Å². The van der Waals surface area contributed by atoms with E-state index in [9.17, 15) is 0 Å². The highest BCUT2D eigenvalue weighted by Gasteiger charge is 2.17. The van der Waals surface area contributed by atoms with Crippen LogP contribution in [0.4, 0.5) is 0 Å². The molecule has 0 bridgehead atoms. The summed E-state index contributed by atoms with van der Waals surface area (Å²) in [4.78, 5) is 2.56. The lowest BCUT2D eigenvalue weighted by Gasteiger charge is -2.31. The first kappa shape index (κ1) is 12.5. The zero-order chi connectivity index (χ0) is 10.9. The molecule has 1 saturated heterocycles. The van der Waals surface area contributed by atoms with Crippen molar-refractivity contribution < 1.29 is 0 Å². The standard InChI is InChI=1S/C13H24N2/c1-3-4-5-10-15-11-7-13(8-12-15)6-9-14-2/h13-14H,5-12H2,1-2H3. The Bertz CT molecular complexity index is 206. The lowest BCUT2D eigenvalue weighted by atomic mass is 9.93. The van der Waals surface area contributed by atoms with Gasteiger partial charge in [0.25, 0.3) is 0 Å². The Labute approximate surface area is 94.4 Å². The lowest BCUT2D eigenvalue weighted by molar-refractivity contribution is 0.182. The Morgan fingerprint density at radius 3 is 2.67 bits per heavy atom. The molecule has 1 fully saturated rings. The number of likely N-dealkylation sites (tertiary alicyclic amines) is 1. The van der Waals surface area contributed by atoms with Crippen molar-refractivity contribution in [2.24, 2.45) is 5.92 Å². The van der Waals surface area contributed by atoms with Crippen molar-refractivity contribution in [3.63, 3.8) is 0 Å². The minimum Gasteiger partial charge on any atom is -0.320 e. The van der Waals surface area contributed by atoms with Crippen molar-refractivity contribution in [1.82, 2.24) is 10.2 Å². The molecule has 0 aliphatic carbocycles. The fourth-order valence-electron chi connectivity index (χ4n) is 2.19. The van der Waals surface area contributed by atoms with Crippen LogP contribution in [0.1, 0.15) is 32.6 Å². The summed E-state index contributed by atoms with van der Waals surface area (Å²) in [5, 5.41) is 3.24. The number of nitrogens with zero attached hydrogens (tertiary/aromatic N) is 1. The molecular weight excluding hydrogens is 184 g/mol. The quantitative estimate of drug-likeness (QED) is 0.692. The summed E-state index contributed by atoms with van der Waals surface area (Å²) in [6.45, 7) is 6.81. The minimum atomic E-state index is 0.950. The van der Waals surface area contributed by atoms with Gasteiger partial charge < -0.3 is 10.2 Å². The number of piperidine rings is 1. The van der Waals surface area contributed by atoms with Gasteiger partial charge in [0.05, 0.1) is 0 Å². The van der Waals surface area contributed by atoms with Crippen molar-refractivity contribution in [2.45, 2.75) is 32.6 Å². The van der Waals surface area contributed by atoms with Crippen LogP contribution in [0.15, 0.2) is 0 Å². The monoisotopic (exact) mass is 208 g/mol. The van der Waals surface area contributed by atoms with E-state index in [1.54, 1.807) is 0 Å². The Morgan fingerprint density at radius 2 is 2.07 bits per heavy atom. The summed E-state index contributed by atoms with van der Waals surface area (Å²) in [7, 11) is 2.04. The van der Waals surface area contributed by atoms with E-state index in [0.29, 0.717) is 0 Å². The summed E-state index contributed by atoms with van der Waals surface area (Å²) < 4.78 is 0. The molecule has 0 radical (unpaired) electrons. The third-order valence-electron chi connectivity index (χ3n) is 3.24. The van der Waals surface area contributed by atoms with Crippen LogP contribution in [0, 0.1) is 17.8 Å². The first-order valence-electron chi connectivity index (χ1n) is 6.13. The zero-order valence-electron chi connectivity index (χ0n) is 10.2. The second-order valence-electron chi connectivity index (χ2n) is 4.35. The third kappa shape index (κ3) is 5.20. The predicted octanol–water partition coefficient (Wildman–Crippen LogP) is 1.72. The maximum absolute atomic E-state index is 3.24. The smallest absolute Gasteiger partial charge is 0.0216 e. The molecule has 1 aliphatic rings. The van der Waals surface area contributed by atoms with E-state index in [0.717, 1.165) is 12.3 Å². The van der Waals surface area contributed by atoms with Gasteiger partial charge in [0.2, 0.25) is 0 Å². The van der Waals surface area contributed by atoms with Gasteiger partial charge in [0, 0.05) is 13.0 Å². The summed E-state index contributed by atoms with van der Waals surface area (Å²) in [5.74, 6) is 7.05. The fourth-order valence-corrected chi connectivity index (χ4v) is 2.19. The Morgan fingerprint density at radius 1 is 1.33 bits per heavy atom. The molecule has 0 aromatic carbocycles. The SMILES string of the molecule is CC#CCCN1CCC(CCNC)CC1. The normalized spacial score (nSPS) is 18.5. The van der Waals surface area contributed by atoms with Crippen LogP contribution in [0.25, 0.3) is 0 Å². The van der Waals surface area contributed by atoms with Crippen LogP contribution >= 0.6 is 0 Å². The second-order valence-corrected chi connectivity index (χ2v) is 4.35. The molecule has 1 N–H and O–H groups in total. The van der Waals surface area contributed by atoms with Crippen LogP contribution in [0.3, 0.4) is 0 Å². The molecule has 2 heteroatoms. The Hall–Kier alpha value is -0.520. The Kier molecular flexibility index (Phi) is 6.47. The minimum absolute atomic E-state index is 0.950. The summed E-state index contributed by atoms with van der Waals surface area (Å²) in [5.41, 5.74) is 0. The van der Waals surface area contributed by atoms with Crippen molar-refractivity contribution in [2.75, 3.05) is 33.2 Å². The van der Waals surface area contributed by atoms with Gasteiger partial charge in [-0.25, -0.2) is 0 Å². The molecule has 0 aromatic rings. The summed E-state index contributed by atoms with van der Waals surface area (Å²) in [6.07, 6.45) is 5.14. The van der Waals surface area contributed by atoms with Gasteiger partial charge in [-0.2, -0.15) is 0 Å². The third-order valence-corrected chi connectivity index (χ3v) is 3.24. The molecule has 1 heterocycles. The highest BCUT2D eigenvalue weighted by molar-refractivity contribution is 4.95. The largest absolute Gasteiger partial charge is 0.320 e. The van der Waals surface area contributed by atoms with Crippen molar-refractivity contribution in [1.29, 1.82) is 0 Å². The summed E-state index contributed by atoms with van der Waals surface area (Å²) >= 11 is 0. The maximum atomic E-state index is 3.24. The first-order chi connectivity index (χ1) is 7.36. The Balaban J connectivity index is 2.08. The lowest BCUT2D eigenvalue weighted by Crippen LogP contribution is -2.35. The fraction of sp³-hybridized carbons (Fsp3) is 0.846. The van der Waals surface area contributed by atoms with Gasteiger partial charge in [-0.15, -0.1) is 11.8 Å². The second kappa shape index (κ2) is 7.73. The molecule has 2 nitrogen and oxygen atoms in total. The van der Waals surface area contributed by atoms with Crippen LogP contribution in [0.5, 0.6) is 0 Å². The molecule has 86 valence electrons. The molecule has 1 aliphatic heterocycles. The molecular formula is C13H24N2.